The third-order valence-corrected chi connectivity index (χ3v) is 5.78. The number of aromatic nitrogens is 1. The fourth-order valence-corrected chi connectivity index (χ4v) is 3.93. The molecular formula is C24H35F2IN6. The Hall–Kier alpha value is -2.01. The quantitative estimate of drug-likeness (QED) is 0.297. The predicted molar refractivity (Wildman–Crippen MR) is 142 cm³/mol. The first-order valence-electron chi connectivity index (χ1n) is 11.2. The molecule has 1 aromatic heterocycles. The number of pyridine rings is 1. The molecule has 2 aromatic rings. The number of hydrogen-bond donors (Lipinski definition) is 2. The smallest absolute Gasteiger partial charge is 0.191 e. The first-order chi connectivity index (χ1) is 15.4. The highest BCUT2D eigenvalue weighted by Gasteiger charge is 2.23. The maximum Gasteiger partial charge on any atom is 0.191 e. The van der Waals surface area contributed by atoms with E-state index in [4.69, 9.17) is 0 Å². The Morgan fingerprint density at radius 3 is 2.39 bits per heavy atom. The van der Waals surface area contributed by atoms with Gasteiger partial charge < -0.3 is 20.4 Å². The van der Waals surface area contributed by atoms with Crippen molar-refractivity contribution >= 4 is 35.8 Å². The van der Waals surface area contributed by atoms with Gasteiger partial charge >= 0.3 is 0 Å². The third kappa shape index (κ3) is 7.49. The molecule has 1 fully saturated rings. The maximum atomic E-state index is 14.3. The average molecular weight is 572 g/mol. The van der Waals surface area contributed by atoms with Crippen molar-refractivity contribution in [3.63, 3.8) is 0 Å². The molecule has 1 aliphatic heterocycles. The molecule has 2 heterocycles. The summed E-state index contributed by atoms with van der Waals surface area (Å²) in [7, 11) is 3.61. The number of rotatable bonds is 7. The number of benzene rings is 1. The van der Waals surface area contributed by atoms with Crippen LogP contribution in [-0.4, -0.2) is 62.2 Å². The Labute approximate surface area is 212 Å². The largest absolute Gasteiger partial charge is 0.357 e. The minimum absolute atomic E-state index is 0. The monoisotopic (exact) mass is 572 g/mol. The predicted octanol–water partition coefficient (Wildman–Crippen LogP) is 4.11. The Kier molecular flexibility index (Phi) is 10.7. The standard InChI is InChI=1S/C24H34F2N6.HI/c1-5-27-24(29-16-21(31(3)4)23-19(25)7-6-8-20(23)26)30-18-11-13-32(14-12-18)22-10-9-17(2)15-28-22;/h6-10,15,18,21H,5,11-14,16H2,1-4H3,(H2,27,29,30);1H. The van der Waals surface area contributed by atoms with Crippen LogP contribution in [0.25, 0.3) is 0 Å². The number of nitrogens with one attached hydrogen (secondary N) is 2. The first kappa shape index (κ1) is 27.2. The van der Waals surface area contributed by atoms with Crippen LogP contribution >= 0.6 is 24.0 Å². The SMILES string of the molecule is CCNC(=NCC(c1c(F)cccc1F)N(C)C)NC1CCN(c2ccc(C)cn2)CC1.I. The number of nitrogens with zero attached hydrogens (tertiary/aromatic N) is 4. The van der Waals surface area contributed by atoms with Crippen LogP contribution in [0.1, 0.15) is 36.9 Å². The molecule has 3 rings (SSSR count). The highest BCUT2D eigenvalue weighted by atomic mass is 127. The highest BCUT2D eigenvalue weighted by Crippen LogP contribution is 2.25. The number of anilines is 1. The lowest BCUT2D eigenvalue weighted by Crippen LogP contribution is -2.49. The summed E-state index contributed by atoms with van der Waals surface area (Å²) in [4.78, 5) is 13.3. The van der Waals surface area contributed by atoms with Crippen LogP contribution in [0, 0.1) is 18.6 Å². The molecule has 0 aliphatic carbocycles. The zero-order valence-corrected chi connectivity index (χ0v) is 22.1. The number of hydrogen-bond acceptors (Lipinski definition) is 4. The Morgan fingerprint density at radius 2 is 1.85 bits per heavy atom. The number of aryl methyl sites for hydroxylation is 1. The zero-order valence-electron chi connectivity index (χ0n) is 19.8. The molecule has 1 atom stereocenters. The topological polar surface area (TPSA) is 55.8 Å². The third-order valence-electron chi connectivity index (χ3n) is 5.78. The molecule has 0 radical (unpaired) electrons. The highest BCUT2D eigenvalue weighted by molar-refractivity contribution is 14.0. The maximum absolute atomic E-state index is 14.3. The zero-order chi connectivity index (χ0) is 23.1. The van der Waals surface area contributed by atoms with Crippen molar-refractivity contribution < 1.29 is 8.78 Å². The van der Waals surface area contributed by atoms with Gasteiger partial charge in [-0.2, -0.15) is 0 Å². The van der Waals surface area contributed by atoms with Crippen LogP contribution in [-0.2, 0) is 0 Å². The van der Waals surface area contributed by atoms with Gasteiger partial charge in [-0.1, -0.05) is 12.1 Å². The molecule has 2 N–H and O–H groups in total. The van der Waals surface area contributed by atoms with Crippen LogP contribution in [0.4, 0.5) is 14.6 Å². The minimum Gasteiger partial charge on any atom is -0.357 e. The Balaban J connectivity index is 0.00000385. The van der Waals surface area contributed by atoms with Crippen molar-refractivity contribution in [1.82, 2.24) is 20.5 Å². The Bertz CT molecular complexity index is 878. The van der Waals surface area contributed by atoms with Crippen LogP contribution in [0.5, 0.6) is 0 Å². The lowest BCUT2D eigenvalue weighted by molar-refractivity contribution is 0.290. The molecule has 0 amide bonds. The molecule has 9 heteroatoms. The van der Waals surface area contributed by atoms with E-state index in [0.29, 0.717) is 12.5 Å². The van der Waals surface area contributed by atoms with E-state index in [1.54, 1.807) is 19.0 Å². The van der Waals surface area contributed by atoms with E-state index < -0.39 is 17.7 Å². The Morgan fingerprint density at radius 1 is 1.18 bits per heavy atom. The summed E-state index contributed by atoms with van der Waals surface area (Å²) in [6.07, 6.45) is 3.81. The second-order valence-corrected chi connectivity index (χ2v) is 8.43. The van der Waals surface area contributed by atoms with Crippen molar-refractivity contribution in [3.05, 3.63) is 59.3 Å². The molecule has 1 saturated heterocycles. The lowest BCUT2D eigenvalue weighted by atomic mass is 10.0. The van der Waals surface area contributed by atoms with Gasteiger partial charge in [-0.25, -0.2) is 13.8 Å². The van der Waals surface area contributed by atoms with Crippen molar-refractivity contribution in [3.8, 4) is 0 Å². The van der Waals surface area contributed by atoms with E-state index in [2.05, 4.69) is 37.6 Å². The van der Waals surface area contributed by atoms with Gasteiger partial charge in [0.15, 0.2) is 5.96 Å². The van der Waals surface area contributed by atoms with E-state index in [0.717, 1.165) is 37.3 Å². The number of piperidine rings is 1. The fraction of sp³-hybridized carbons (Fsp3) is 0.500. The summed E-state index contributed by atoms with van der Waals surface area (Å²) < 4.78 is 28.7. The van der Waals surface area contributed by atoms with Gasteiger partial charge in [0.1, 0.15) is 17.5 Å². The average Bonchev–Trinajstić information content (AvgIpc) is 2.76. The van der Waals surface area contributed by atoms with E-state index in [1.165, 1.54) is 18.2 Å². The minimum atomic E-state index is -0.547. The van der Waals surface area contributed by atoms with Gasteiger partial charge in [0.2, 0.25) is 0 Å². The van der Waals surface area contributed by atoms with Gasteiger partial charge in [0.05, 0.1) is 12.6 Å². The van der Waals surface area contributed by atoms with Gasteiger partial charge in [-0.05, 0) is 64.5 Å². The summed E-state index contributed by atoms with van der Waals surface area (Å²) in [5.41, 5.74) is 1.21. The summed E-state index contributed by atoms with van der Waals surface area (Å²) in [5.74, 6) is 0.585. The van der Waals surface area contributed by atoms with Crippen molar-refractivity contribution in [2.24, 2.45) is 4.99 Å². The van der Waals surface area contributed by atoms with Crippen LogP contribution in [0.15, 0.2) is 41.5 Å². The number of guanidine groups is 1. The molecule has 182 valence electrons. The number of aliphatic imine (C=N–C) groups is 1. The molecule has 1 aliphatic rings. The van der Waals surface area contributed by atoms with Crippen molar-refractivity contribution in [2.75, 3.05) is 45.2 Å². The normalized spacial score (nSPS) is 15.8. The molecule has 0 bridgehead atoms. The van der Waals surface area contributed by atoms with Crippen LogP contribution < -0.4 is 15.5 Å². The van der Waals surface area contributed by atoms with E-state index in [1.807, 2.05) is 20.0 Å². The van der Waals surface area contributed by atoms with Crippen molar-refractivity contribution in [2.45, 2.75) is 38.8 Å². The fourth-order valence-electron chi connectivity index (χ4n) is 3.93. The van der Waals surface area contributed by atoms with Gasteiger partial charge in [-0.3, -0.25) is 4.99 Å². The number of halogens is 3. The second-order valence-electron chi connectivity index (χ2n) is 8.43. The van der Waals surface area contributed by atoms with Gasteiger partial charge in [0, 0.05) is 37.4 Å². The van der Waals surface area contributed by atoms with Crippen LogP contribution in [0.3, 0.4) is 0 Å². The van der Waals surface area contributed by atoms with Gasteiger partial charge in [-0.15, -0.1) is 24.0 Å². The van der Waals surface area contributed by atoms with E-state index in [9.17, 15) is 8.78 Å². The van der Waals surface area contributed by atoms with Gasteiger partial charge in [0.25, 0.3) is 0 Å². The lowest BCUT2D eigenvalue weighted by Gasteiger charge is -2.34. The molecule has 0 saturated carbocycles. The molecular weight excluding hydrogens is 537 g/mol. The van der Waals surface area contributed by atoms with E-state index >= 15 is 0 Å². The summed E-state index contributed by atoms with van der Waals surface area (Å²) in [6, 6.07) is 7.89. The molecule has 1 unspecified atom stereocenters. The molecule has 33 heavy (non-hydrogen) atoms. The first-order valence-corrected chi connectivity index (χ1v) is 11.2. The van der Waals surface area contributed by atoms with Crippen LogP contribution in [0.2, 0.25) is 0 Å². The number of likely N-dealkylation sites (N-methyl/N-ethyl adjacent to an activating group) is 1. The molecule has 1 aromatic carbocycles. The summed E-state index contributed by atoms with van der Waals surface area (Å²) in [5, 5.41) is 6.76. The summed E-state index contributed by atoms with van der Waals surface area (Å²) in [6.45, 7) is 6.81. The molecule has 0 spiro atoms. The van der Waals surface area contributed by atoms with E-state index in [-0.39, 0.29) is 42.1 Å². The molecule has 6 nitrogen and oxygen atoms in total. The summed E-state index contributed by atoms with van der Waals surface area (Å²) >= 11 is 0. The second kappa shape index (κ2) is 13.0. The van der Waals surface area contributed by atoms with Crippen molar-refractivity contribution in [1.29, 1.82) is 0 Å².